The van der Waals surface area contributed by atoms with E-state index in [1.54, 1.807) is 11.3 Å². The van der Waals surface area contributed by atoms with Crippen LogP contribution in [-0.2, 0) is 19.3 Å². The van der Waals surface area contributed by atoms with Gasteiger partial charge in [-0.3, -0.25) is 0 Å². The molecule has 19 heavy (non-hydrogen) atoms. The molecule has 0 unspecified atom stereocenters. The highest BCUT2D eigenvalue weighted by atomic mass is 32.1. The highest BCUT2D eigenvalue weighted by molar-refractivity contribution is 7.11. The van der Waals surface area contributed by atoms with E-state index < -0.39 is 0 Å². The molecular weight excluding hydrogens is 274 g/mol. The fraction of sp³-hybridized carbons (Fsp3) is 0.571. The Morgan fingerprint density at radius 1 is 1.11 bits per heavy atom. The van der Waals surface area contributed by atoms with Gasteiger partial charge in [-0.25, -0.2) is 0 Å². The molecule has 104 valence electrons. The number of thiophene rings is 1. The molecule has 2 rings (SSSR count). The molecule has 0 spiro atoms. The van der Waals surface area contributed by atoms with Crippen LogP contribution in [0.15, 0.2) is 17.5 Å². The maximum atomic E-state index is 4.29. The lowest BCUT2D eigenvalue weighted by molar-refractivity contribution is 0.668. The predicted octanol–water partition coefficient (Wildman–Crippen LogP) is 3.32. The zero-order valence-corrected chi connectivity index (χ0v) is 13.0. The average Bonchev–Trinajstić information content (AvgIpc) is 3.07. The second-order valence-corrected chi connectivity index (χ2v) is 6.66. The van der Waals surface area contributed by atoms with Gasteiger partial charge in [0.2, 0.25) is 0 Å². The third kappa shape index (κ3) is 5.38. The summed E-state index contributed by atoms with van der Waals surface area (Å²) in [5.74, 6) is 0. The molecule has 0 aromatic carbocycles. The predicted molar refractivity (Wildman–Crippen MR) is 83.1 cm³/mol. The minimum absolute atomic E-state index is 1.05. The van der Waals surface area contributed by atoms with Gasteiger partial charge in [0.1, 0.15) is 10.0 Å². The lowest BCUT2D eigenvalue weighted by Gasteiger charge is -1.97. The molecular formula is C14H21N3S2. The van der Waals surface area contributed by atoms with E-state index in [1.807, 2.05) is 11.3 Å². The summed E-state index contributed by atoms with van der Waals surface area (Å²) in [5.41, 5.74) is 0. The van der Waals surface area contributed by atoms with Crippen LogP contribution in [0.1, 0.15) is 34.7 Å². The second-order valence-electron chi connectivity index (χ2n) is 4.48. The first kappa shape index (κ1) is 14.6. The van der Waals surface area contributed by atoms with Crippen molar-refractivity contribution in [3.8, 4) is 0 Å². The van der Waals surface area contributed by atoms with E-state index in [-0.39, 0.29) is 0 Å². The zero-order chi connectivity index (χ0) is 13.3. The number of nitrogens with one attached hydrogen (secondary N) is 1. The van der Waals surface area contributed by atoms with E-state index in [2.05, 4.69) is 40.0 Å². The lowest BCUT2D eigenvalue weighted by atomic mass is 10.2. The van der Waals surface area contributed by atoms with E-state index in [4.69, 9.17) is 0 Å². The Morgan fingerprint density at radius 2 is 1.89 bits per heavy atom. The Morgan fingerprint density at radius 3 is 2.58 bits per heavy atom. The number of hydrogen-bond acceptors (Lipinski definition) is 5. The Bertz CT molecular complexity index is 451. The van der Waals surface area contributed by atoms with Gasteiger partial charge in [-0.2, -0.15) is 0 Å². The minimum Gasteiger partial charge on any atom is -0.317 e. The summed E-state index contributed by atoms with van der Waals surface area (Å²) >= 11 is 3.62. The largest absolute Gasteiger partial charge is 0.317 e. The van der Waals surface area contributed by atoms with Crippen LogP contribution in [0.25, 0.3) is 0 Å². The Kier molecular flexibility index (Phi) is 6.47. The monoisotopic (exact) mass is 295 g/mol. The van der Waals surface area contributed by atoms with E-state index in [1.165, 1.54) is 21.3 Å². The molecule has 0 fully saturated rings. The summed E-state index contributed by atoms with van der Waals surface area (Å²) in [5, 5.41) is 16.4. The van der Waals surface area contributed by atoms with Gasteiger partial charge >= 0.3 is 0 Å². The van der Waals surface area contributed by atoms with E-state index in [0.717, 1.165) is 38.8 Å². The summed E-state index contributed by atoms with van der Waals surface area (Å²) in [6.07, 6.45) is 5.59. The molecule has 1 N–H and O–H groups in total. The maximum absolute atomic E-state index is 4.29. The van der Waals surface area contributed by atoms with Crippen molar-refractivity contribution in [1.29, 1.82) is 0 Å². The van der Waals surface area contributed by atoms with Gasteiger partial charge in [0.05, 0.1) is 0 Å². The first-order valence-corrected chi connectivity index (χ1v) is 8.62. The van der Waals surface area contributed by atoms with Crippen LogP contribution in [0.4, 0.5) is 0 Å². The van der Waals surface area contributed by atoms with E-state index in [0.29, 0.717) is 0 Å². The second kappa shape index (κ2) is 8.40. The molecule has 0 amide bonds. The number of rotatable bonds is 9. The quantitative estimate of drug-likeness (QED) is 0.721. The summed E-state index contributed by atoms with van der Waals surface area (Å²) < 4.78 is 0. The molecule has 3 nitrogen and oxygen atoms in total. The average molecular weight is 295 g/mol. The molecule has 5 heteroatoms. The number of aromatic nitrogens is 2. The third-order valence-corrected chi connectivity index (χ3v) is 4.88. The van der Waals surface area contributed by atoms with Gasteiger partial charge < -0.3 is 5.32 Å². The van der Waals surface area contributed by atoms with Crippen molar-refractivity contribution in [3.63, 3.8) is 0 Å². The molecule has 2 heterocycles. The maximum Gasteiger partial charge on any atom is 0.117 e. The van der Waals surface area contributed by atoms with Crippen LogP contribution in [0.3, 0.4) is 0 Å². The molecule has 2 aromatic heterocycles. The van der Waals surface area contributed by atoms with Gasteiger partial charge in [-0.1, -0.05) is 13.0 Å². The van der Waals surface area contributed by atoms with Gasteiger partial charge in [0, 0.05) is 17.7 Å². The van der Waals surface area contributed by atoms with Crippen LogP contribution in [-0.4, -0.2) is 23.3 Å². The molecule has 0 saturated carbocycles. The number of nitrogens with zero attached hydrogens (tertiary/aromatic N) is 2. The topological polar surface area (TPSA) is 37.8 Å². The summed E-state index contributed by atoms with van der Waals surface area (Å²) in [7, 11) is 0. The molecule has 0 aliphatic carbocycles. The van der Waals surface area contributed by atoms with Crippen molar-refractivity contribution in [2.75, 3.05) is 13.1 Å². The van der Waals surface area contributed by atoms with Gasteiger partial charge in [0.25, 0.3) is 0 Å². The SMILES string of the molecule is CCNCCCc1nnc(CCCc2cccs2)s1. The Hall–Kier alpha value is -0.780. The van der Waals surface area contributed by atoms with Crippen molar-refractivity contribution < 1.29 is 0 Å². The van der Waals surface area contributed by atoms with Gasteiger partial charge in [0.15, 0.2) is 0 Å². The van der Waals surface area contributed by atoms with Crippen molar-refractivity contribution in [1.82, 2.24) is 15.5 Å². The first-order chi connectivity index (χ1) is 9.38. The molecule has 2 aromatic rings. The number of aryl methyl sites for hydroxylation is 3. The minimum atomic E-state index is 1.05. The van der Waals surface area contributed by atoms with Crippen molar-refractivity contribution >= 4 is 22.7 Å². The third-order valence-electron chi connectivity index (χ3n) is 2.90. The molecule has 0 saturated heterocycles. The highest BCUT2D eigenvalue weighted by Crippen LogP contribution is 2.16. The number of hydrogen-bond donors (Lipinski definition) is 1. The first-order valence-electron chi connectivity index (χ1n) is 6.93. The van der Waals surface area contributed by atoms with Crippen LogP contribution in [0, 0.1) is 0 Å². The fourth-order valence-electron chi connectivity index (χ4n) is 1.90. The molecule has 0 aliphatic heterocycles. The van der Waals surface area contributed by atoms with E-state index in [9.17, 15) is 0 Å². The summed E-state index contributed by atoms with van der Waals surface area (Å²) in [6, 6.07) is 4.32. The highest BCUT2D eigenvalue weighted by Gasteiger charge is 2.04. The normalized spacial score (nSPS) is 11.0. The molecule has 0 aliphatic rings. The van der Waals surface area contributed by atoms with Crippen molar-refractivity contribution in [2.45, 2.75) is 39.0 Å². The Labute approximate surface area is 123 Å². The smallest absolute Gasteiger partial charge is 0.117 e. The molecule has 0 atom stereocenters. The van der Waals surface area contributed by atoms with Gasteiger partial charge in [-0.15, -0.1) is 32.9 Å². The van der Waals surface area contributed by atoms with Crippen LogP contribution in [0.5, 0.6) is 0 Å². The van der Waals surface area contributed by atoms with Gasteiger partial charge in [-0.05, 0) is 43.8 Å². The summed E-state index contributed by atoms with van der Waals surface area (Å²) in [6.45, 7) is 4.25. The lowest BCUT2D eigenvalue weighted by Crippen LogP contribution is -2.14. The summed E-state index contributed by atoms with van der Waals surface area (Å²) in [4.78, 5) is 1.47. The zero-order valence-electron chi connectivity index (χ0n) is 11.4. The Balaban J connectivity index is 1.65. The fourth-order valence-corrected chi connectivity index (χ4v) is 3.58. The van der Waals surface area contributed by atoms with E-state index >= 15 is 0 Å². The van der Waals surface area contributed by atoms with Crippen LogP contribution in [0.2, 0.25) is 0 Å². The van der Waals surface area contributed by atoms with Crippen molar-refractivity contribution in [2.24, 2.45) is 0 Å². The molecule has 0 bridgehead atoms. The van der Waals surface area contributed by atoms with Crippen LogP contribution < -0.4 is 5.32 Å². The van der Waals surface area contributed by atoms with Crippen LogP contribution >= 0.6 is 22.7 Å². The molecule has 0 radical (unpaired) electrons. The standard InChI is InChI=1S/C14H21N3S2/c1-2-15-10-4-9-14-17-16-13(19-14)8-3-6-12-7-5-11-18-12/h5,7,11,15H,2-4,6,8-10H2,1H3. The van der Waals surface area contributed by atoms with Crippen molar-refractivity contribution in [3.05, 3.63) is 32.4 Å².